The van der Waals surface area contributed by atoms with Crippen LogP contribution in [0.4, 0.5) is 0 Å². The van der Waals surface area contributed by atoms with Crippen LogP contribution in [0.2, 0.25) is 0 Å². The van der Waals surface area contributed by atoms with Gasteiger partial charge in [-0.3, -0.25) is 0 Å². The van der Waals surface area contributed by atoms with Crippen molar-refractivity contribution in [2.24, 2.45) is 0 Å². The van der Waals surface area contributed by atoms with Gasteiger partial charge in [-0.25, -0.2) is 0 Å². The van der Waals surface area contributed by atoms with E-state index in [0.717, 1.165) is 12.4 Å². The minimum Gasteiger partial charge on any atom is -0.340 e. The third-order valence-corrected chi connectivity index (χ3v) is 4.19. The Kier molecular flexibility index (Phi) is 3.31. The van der Waals surface area contributed by atoms with Crippen molar-refractivity contribution in [3.63, 3.8) is 0 Å². The molecule has 0 spiro atoms. The van der Waals surface area contributed by atoms with Crippen molar-refractivity contribution in [3.8, 4) is 0 Å². The van der Waals surface area contributed by atoms with Gasteiger partial charge in [-0.1, -0.05) is 5.16 Å². The van der Waals surface area contributed by atoms with Crippen LogP contribution in [0.25, 0.3) is 0 Å². The summed E-state index contributed by atoms with van der Waals surface area (Å²) in [6.07, 6.45) is 2.64. The molecule has 1 aliphatic heterocycles. The number of hydrogen-bond donors (Lipinski definition) is 1. The number of nitrogens with zero attached hydrogens (tertiary/aromatic N) is 2. The first-order valence-electron chi connectivity index (χ1n) is 5.32. The van der Waals surface area contributed by atoms with E-state index in [1.165, 1.54) is 18.6 Å². The maximum Gasteiger partial charge on any atom is 0.223 e. The second-order valence-corrected chi connectivity index (χ2v) is 5.92. The van der Waals surface area contributed by atoms with E-state index in [4.69, 9.17) is 4.52 Å². The third kappa shape index (κ3) is 2.95. The van der Waals surface area contributed by atoms with Gasteiger partial charge in [-0.15, -0.1) is 0 Å². The van der Waals surface area contributed by atoms with Gasteiger partial charge in [0, 0.05) is 18.2 Å². The van der Waals surface area contributed by atoms with Crippen LogP contribution in [-0.4, -0.2) is 27.2 Å². The van der Waals surface area contributed by atoms with E-state index in [0.29, 0.717) is 17.2 Å². The van der Waals surface area contributed by atoms with Crippen molar-refractivity contribution in [1.82, 2.24) is 15.5 Å². The Morgan fingerprint density at radius 3 is 3.07 bits per heavy atom. The lowest BCUT2D eigenvalue weighted by atomic mass is 10.1. The van der Waals surface area contributed by atoms with Gasteiger partial charge in [-0.05, 0) is 25.5 Å². The molecule has 1 unspecified atom stereocenters. The first-order chi connectivity index (χ1) is 7.18. The molecule has 1 fully saturated rings. The number of hydrogen-bond acceptors (Lipinski definition) is 5. The molecule has 84 valence electrons. The average Bonchev–Trinajstić information content (AvgIpc) is 2.76. The highest BCUT2D eigenvalue weighted by Gasteiger charge is 2.28. The number of aryl methyl sites for hydroxylation is 1. The van der Waals surface area contributed by atoms with Crippen LogP contribution in [0.5, 0.6) is 0 Å². The average molecular weight is 227 g/mol. The summed E-state index contributed by atoms with van der Waals surface area (Å²) in [5.74, 6) is 2.67. The highest BCUT2D eigenvalue weighted by atomic mass is 32.2. The minimum absolute atomic E-state index is 0.402. The van der Waals surface area contributed by atoms with Crippen LogP contribution in [0, 0.1) is 6.92 Å². The van der Waals surface area contributed by atoms with E-state index >= 15 is 0 Å². The largest absolute Gasteiger partial charge is 0.340 e. The van der Waals surface area contributed by atoms with Gasteiger partial charge in [0.05, 0.1) is 6.54 Å². The van der Waals surface area contributed by atoms with E-state index < -0.39 is 0 Å². The number of aromatic nitrogens is 2. The van der Waals surface area contributed by atoms with E-state index in [2.05, 4.69) is 34.1 Å². The molecule has 0 saturated carbocycles. The molecule has 1 aliphatic rings. The number of nitrogens with one attached hydrogen (secondary N) is 1. The fourth-order valence-corrected chi connectivity index (χ4v) is 3.10. The Balaban J connectivity index is 1.75. The molecule has 1 aromatic heterocycles. The maximum atomic E-state index is 4.91. The molecule has 0 bridgehead atoms. The van der Waals surface area contributed by atoms with Crippen molar-refractivity contribution in [3.05, 3.63) is 11.7 Å². The van der Waals surface area contributed by atoms with Crippen LogP contribution >= 0.6 is 11.8 Å². The summed E-state index contributed by atoms with van der Waals surface area (Å²) >= 11 is 2.06. The summed E-state index contributed by atoms with van der Waals surface area (Å²) in [5, 5.41) is 7.24. The lowest BCUT2D eigenvalue weighted by molar-refractivity contribution is 0.384. The first-order valence-corrected chi connectivity index (χ1v) is 6.30. The summed E-state index contributed by atoms with van der Waals surface area (Å²) < 4.78 is 5.31. The lowest BCUT2D eigenvalue weighted by Gasteiger charge is -2.22. The molecule has 0 radical (unpaired) electrons. The van der Waals surface area contributed by atoms with E-state index in [1.807, 2.05) is 6.92 Å². The van der Waals surface area contributed by atoms with Gasteiger partial charge in [-0.2, -0.15) is 16.7 Å². The molecule has 2 rings (SSSR count). The highest BCUT2D eigenvalue weighted by Crippen LogP contribution is 2.36. The highest BCUT2D eigenvalue weighted by molar-refractivity contribution is 8.00. The van der Waals surface area contributed by atoms with Crippen molar-refractivity contribution in [1.29, 1.82) is 0 Å². The van der Waals surface area contributed by atoms with Crippen LogP contribution in [-0.2, 0) is 6.54 Å². The molecule has 15 heavy (non-hydrogen) atoms. The first kappa shape index (κ1) is 11.0. The smallest absolute Gasteiger partial charge is 0.223 e. The monoisotopic (exact) mass is 227 g/mol. The van der Waals surface area contributed by atoms with Gasteiger partial charge in [0.2, 0.25) is 5.89 Å². The van der Waals surface area contributed by atoms with Gasteiger partial charge in [0.25, 0.3) is 0 Å². The Morgan fingerprint density at radius 1 is 1.60 bits per heavy atom. The SMILES string of the molecule is Cc1nc(CNCC2(C)CCCS2)no1. The quantitative estimate of drug-likeness (QED) is 0.849. The molecular formula is C10H17N3OS. The summed E-state index contributed by atoms with van der Waals surface area (Å²) in [7, 11) is 0. The van der Waals surface area contributed by atoms with Gasteiger partial charge >= 0.3 is 0 Å². The molecule has 0 aromatic carbocycles. The van der Waals surface area contributed by atoms with Crippen LogP contribution in [0.15, 0.2) is 4.52 Å². The van der Waals surface area contributed by atoms with Gasteiger partial charge < -0.3 is 9.84 Å². The standard InChI is InChI=1S/C10H17N3OS/c1-8-12-9(13-14-8)6-11-7-10(2)4-3-5-15-10/h11H,3-7H2,1-2H3. The van der Waals surface area contributed by atoms with Crippen molar-refractivity contribution in [2.45, 2.75) is 38.0 Å². The van der Waals surface area contributed by atoms with Crippen LogP contribution in [0.1, 0.15) is 31.5 Å². The summed E-state index contributed by atoms with van der Waals surface area (Å²) in [6.45, 7) is 5.85. The maximum absolute atomic E-state index is 4.91. The number of thioether (sulfide) groups is 1. The molecule has 4 nitrogen and oxygen atoms in total. The fraction of sp³-hybridized carbons (Fsp3) is 0.800. The van der Waals surface area contributed by atoms with E-state index in [9.17, 15) is 0 Å². The minimum atomic E-state index is 0.402. The number of rotatable bonds is 4. The van der Waals surface area contributed by atoms with Crippen LogP contribution in [0.3, 0.4) is 0 Å². The van der Waals surface area contributed by atoms with Gasteiger partial charge in [0.1, 0.15) is 0 Å². The second kappa shape index (κ2) is 4.53. The van der Waals surface area contributed by atoms with Gasteiger partial charge in [0.15, 0.2) is 5.82 Å². The molecule has 0 amide bonds. The van der Waals surface area contributed by atoms with Crippen LogP contribution < -0.4 is 5.32 Å². The molecule has 2 heterocycles. The zero-order valence-corrected chi connectivity index (χ0v) is 10.1. The molecular weight excluding hydrogens is 210 g/mol. The molecule has 5 heteroatoms. The molecule has 1 atom stereocenters. The van der Waals surface area contributed by atoms with Crippen molar-refractivity contribution >= 4 is 11.8 Å². The Hall–Kier alpha value is -0.550. The summed E-state index contributed by atoms with van der Waals surface area (Å²) in [5.41, 5.74) is 0. The van der Waals surface area contributed by atoms with E-state index in [1.54, 1.807) is 0 Å². The summed E-state index contributed by atoms with van der Waals surface area (Å²) in [6, 6.07) is 0. The molecule has 1 aromatic rings. The fourth-order valence-electron chi connectivity index (χ4n) is 1.83. The predicted molar refractivity (Wildman–Crippen MR) is 60.8 cm³/mol. The lowest BCUT2D eigenvalue weighted by Crippen LogP contribution is -2.32. The molecule has 1 N–H and O–H groups in total. The zero-order valence-electron chi connectivity index (χ0n) is 9.25. The normalized spacial score (nSPS) is 26.0. The Morgan fingerprint density at radius 2 is 2.47 bits per heavy atom. The Bertz CT molecular complexity index is 320. The molecule has 1 saturated heterocycles. The Labute approximate surface area is 94.2 Å². The third-order valence-electron chi connectivity index (χ3n) is 2.65. The van der Waals surface area contributed by atoms with Crippen molar-refractivity contribution < 1.29 is 4.52 Å². The topological polar surface area (TPSA) is 51.0 Å². The van der Waals surface area contributed by atoms with Crippen molar-refractivity contribution in [2.75, 3.05) is 12.3 Å². The molecule has 0 aliphatic carbocycles. The van der Waals surface area contributed by atoms with E-state index in [-0.39, 0.29) is 0 Å². The summed E-state index contributed by atoms with van der Waals surface area (Å²) in [4.78, 5) is 4.15. The second-order valence-electron chi connectivity index (χ2n) is 4.24. The zero-order chi connectivity index (χ0) is 10.7. The predicted octanol–water partition coefficient (Wildman–Crippen LogP) is 1.75.